The molecule has 726 valence electrons. The molecule has 1 aliphatic heterocycles. The van der Waals surface area contributed by atoms with E-state index in [1.54, 1.807) is 67.3 Å². The van der Waals surface area contributed by atoms with Gasteiger partial charge in [-0.1, -0.05) is 92.8 Å². The van der Waals surface area contributed by atoms with E-state index in [1.165, 1.54) is 24.3 Å². The summed E-state index contributed by atoms with van der Waals surface area (Å²) >= 11 is 0. The first-order valence-electron chi connectivity index (χ1n) is 45.2. The largest absolute Gasteiger partial charge is 0.494 e. The monoisotopic (exact) mass is 1910 g/mol. The van der Waals surface area contributed by atoms with Crippen molar-refractivity contribution < 1.29 is 131 Å². The van der Waals surface area contributed by atoms with Crippen molar-refractivity contribution >= 4 is 112 Å². The molecule has 0 bridgehead atoms. The number of carbonyl (C=O) groups is 4. The molecule has 7 aromatic heterocycles. The summed E-state index contributed by atoms with van der Waals surface area (Å²) < 4.78 is 188. The average molecular weight is 1910 g/mol. The molecule has 0 saturated heterocycles. The normalized spacial score (nSPS) is 12.2. The van der Waals surface area contributed by atoms with Crippen LogP contribution in [-0.2, 0) is 76.6 Å². The maximum absolute atomic E-state index is 13.2. The number of ether oxygens (including phenoxy) is 8. The van der Waals surface area contributed by atoms with Gasteiger partial charge < -0.3 is 95.1 Å². The summed E-state index contributed by atoms with van der Waals surface area (Å²) in [5.74, 6) is 2.49. The lowest BCUT2D eigenvalue weighted by Crippen LogP contribution is -2.23. The Hall–Kier alpha value is -15.0. The molecule has 0 amide bonds. The van der Waals surface area contributed by atoms with Crippen LogP contribution in [0.25, 0.3) is 76.5 Å². The number of anilines is 2. The Labute approximate surface area is 784 Å². The van der Waals surface area contributed by atoms with Crippen molar-refractivity contribution in [2.75, 3.05) is 57.7 Å². The van der Waals surface area contributed by atoms with Crippen LogP contribution in [0.3, 0.4) is 0 Å². The van der Waals surface area contributed by atoms with Gasteiger partial charge in [0.1, 0.15) is 65.9 Å². The van der Waals surface area contributed by atoms with E-state index in [-0.39, 0.29) is 52.5 Å². The molecule has 0 spiro atoms. The molecule has 1 unspecified atom stereocenters. The average Bonchev–Trinajstić information content (AvgIpc) is 1.75. The standard InChI is InChI=1S/2C26H27F3N2O5.C25H25F3N2O5.C25H22N2O4/c1-3-6-18-22(10-8-19-23(18)36-30-24(19)26(27,28)29)35-14-5-13-34-17-7-9-21-16(15-17)11-12-31(21)20(4-2)25(32)33;1-2-6-19-22(10-8-20-24(19)36-30-25(20)26(27,28)29)35-14-5-3-4-13-34-18-7-9-21-17(15-18)11-12-31(21)16-23(32)33;1-2-5-18-21(9-7-19-23(18)35-29-24(19)25(26,27)28)34-13-4-3-12-33-17-6-8-20-16(14-17)10-11-30(20)15-22(31)32;28-25(29)17-26-15-13-18-19(26)9-5-12-22(18)30-16-6-14-27-20-7-1-3-10-23(20)31-24-11-4-2-8-21(24)27/h7-12,15,20H,3-6,13-14H2,1-2H3,(H,32,33);7-12,15H,2-6,13-14,16H2,1H3,(H,32,33);6-11,14H,2-5,12-13,15H2,1H3,(H,31,32);1-5,7-13,15H,6,14,16-17H2,(H,28,29). The van der Waals surface area contributed by atoms with Crippen molar-refractivity contribution in [3.8, 4) is 51.7 Å². The Kier molecular flexibility index (Phi) is 32.4. The number of hydrogen-bond acceptors (Lipinski definition) is 19. The minimum Gasteiger partial charge on any atom is -0.494 e. The highest BCUT2D eigenvalue weighted by atomic mass is 19.4. The zero-order valence-electron chi connectivity index (χ0n) is 75.8. The van der Waals surface area contributed by atoms with Crippen molar-refractivity contribution in [2.24, 2.45) is 0 Å². The number of rotatable bonds is 41. The summed E-state index contributed by atoms with van der Waals surface area (Å²) in [5, 5.41) is 49.6. The topological polar surface area (TPSA) is 324 Å². The molecule has 0 radical (unpaired) electrons. The molecule has 0 fully saturated rings. The number of unbranched alkanes of at least 4 members (excludes halogenated alkanes) is 3. The summed E-state index contributed by atoms with van der Waals surface area (Å²) in [6.07, 6.45) is 2.61. The summed E-state index contributed by atoms with van der Waals surface area (Å²) in [6, 6.07) is 53.8. The second kappa shape index (κ2) is 45.1. The van der Waals surface area contributed by atoms with E-state index in [0.29, 0.717) is 143 Å². The fourth-order valence-electron chi connectivity index (χ4n) is 16.5. The number of halogens is 9. The molecule has 0 aliphatic carbocycles. The number of carboxylic acids is 4. The molecule has 8 heterocycles. The van der Waals surface area contributed by atoms with Crippen molar-refractivity contribution in [3.05, 3.63) is 241 Å². The summed E-state index contributed by atoms with van der Waals surface area (Å²) in [5.41, 5.74) is 4.48. The zero-order valence-corrected chi connectivity index (χ0v) is 75.8. The molecule has 16 aromatic rings. The van der Waals surface area contributed by atoms with Crippen LogP contribution in [0, 0.1) is 0 Å². The maximum Gasteiger partial charge on any atom is 0.437 e. The lowest BCUT2D eigenvalue weighted by Gasteiger charge is -2.32. The molecular weight excluding hydrogens is 1810 g/mol. The molecule has 17 rings (SSSR count). The van der Waals surface area contributed by atoms with Gasteiger partial charge in [-0.15, -0.1) is 0 Å². The fraction of sp³-hybridized carbons (Fsp3) is 0.324. The first-order valence-corrected chi connectivity index (χ1v) is 45.2. The van der Waals surface area contributed by atoms with Crippen LogP contribution < -0.4 is 42.8 Å². The first-order chi connectivity index (χ1) is 66.5. The van der Waals surface area contributed by atoms with Gasteiger partial charge in [0.05, 0.1) is 79.3 Å². The van der Waals surface area contributed by atoms with Crippen LogP contribution in [0.1, 0.15) is 138 Å². The SMILES string of the molecule is CCCc1c(OCCCCCOc2ccc3c(ccn3CC(=O)O)c2)ccc2c(C(F)(F)F)noc12.CCCc1c(OCCCCOc2ccc3c(ccn3CC(=O)O)c2)ccc2c(C(F)(F)F)noc12.CCCc1c(OCCCOc2ccc3c(ccn3C(CC)C(=O)O)c2)ccc2c(C(F)(F)F)noc12.O=C(O)Cn1ccc2c(OCCCN3c4ccccc4Oc4ccccc43)cccc21. The summed E-state index contributed by atoms with van der Waals surface area (Å²) in [6.45, 7) is 11.1. The van der Waals surface area contributed by atoms with Gasteiger partial charge in [0.2, 0.25) is 0 Å². The van der Waals surface area contributed by atoms with Gasteiger partial charge in [-0.25, -0.2) is 4.79 Å². The van der Waals surface area contributed by atoms with E-state index in [1.807, 2.05) is 149 Å². The Morgan fingerprint density at radius 1 is 0.362 bits per heavy atom. The van der Waals surface area contributed by atoms with Crippen molar-refractivity contribution in [3.63, 3.8) is 0 Å². The van der Waals surface area contributed by atoms with Crippen LogP contribution in [-0.4, -0.2) is 131 Å². The molecule has 0 saturated carbocycles. The molecule has 1 atom stereocenters. The van der Waals surface area contributed by atoms with Gasteiger partial charge in [0.15, 0.2) is 45.3 Å². The molecule has 36 heteroatoms. The van der Waals surface area contributed by atoms with E-state index < -0.39 is 65.5 Å². The van der Waals surface area contributed by atoms with Crippen LogP contribution in [0.15, 0.2) is 220 Å². The highest BCUT2D eigenvalue weighted by Gasteiger charge is 2.41. The number of nitrogens with zero attached hydrogens (tertiary/aromatic N) is 8. The Morgan fingerprint density at radius 3 is 1.15 bits per heavy atom. The van der Waals surface area contributed by atoms with Gasteiger partial charge in [0.25, 0.3) is 0 Å². The molecule has 1 aliphatic rings. The molecule has 4 N–H and O–H groups in total. The number of hydrogen-bond donors (Lipinski definition) is 4. The minimum atomic E-state index is -4.59. The second-order valence-electron chi connectivity index (χ2n) is 32.5. The van der Waals surface area contributed by atoms with Gasteiger partial charge in [-0.3, -0.25) is 14.4 Å². The van der Waals surface area contributed by atoms with Crippen molar-refractivity contribution in [1.29, 1.82) is 0 Å². The van der Waals surface area contributed by atoms with Gasteiger partial charge in [-0.2, -0.15) is 39.5 Å². The highest BCUT2D eigenvalue weighted by molar-refractivity contribution is 5.91. The van der Waals surface area contributed by atoms with Crippen LogP contribution in [0.5, 0.6) is 51.7 Å². The molecule has 138 heavy (non-hydrogen) atoms. The van der Waals surface area contributed by atoms with Gasteiger partial charge >= 0.3 is 42.4 Å². The number of carboxylic acid groups (broad SMARTS) is 4. The molecule has 9 aromatic carbocycles. The van der Waals surface area contributed by atoms with E-state index in [4.69, 9.17) is 66.8 Å². The van der Waals surface area contributed by atoms with Crippen LogP contribution in [0.4, 0.5) is 50.9 Å². The number of aromatic nitrogens is 7. The first kappa shape index (κ1) is 99.0. The number of fused-ring (bicyclic) bond motifs is 9. The van der Waals surface area contributed by atoms with E-state index in [0.717, 1.165) is 123 Å². The number of aryl methyl sites for hydroxylation is 3. The quantitative estimate of drug-likeness (QED) is 0.0204. The summed E-state index contributed by atoms with van der Waals surface area (Å²) in [7, 11) is 0. The number of aliphatic carboxylic acids is 4. The minimum absolute atomic E-state index is 0.0490. The number of alkyl halides is 9. The zero-order chi connectivity index (χ0) is 97.8. The molecule has 27 nitrogen and oxygen atoms in total. The van der Waals surface area contributed by atoms with E-state index in [2.05, 4.69) is 32.5 Å². The third kappa shape index (κ3) is 24.1. The smallest absolute Gasteiger partial charge is 0.437 e. The van der Waals surface area contributed by atoms with E-state index >= 15 is 0 Å². The lowest BCUT2D eigenvalue weighted by molar-refractivity contribution is -0.142. The highest BCUT2D eigenvalue weighted by Crippen LogP contribution is 2.48. The summed E-state index contributed by atoms with van der Waals surface area (Å²) in [4.78, 5) is 46.7. The lowest BCUT2D eigenvalue weighted by atomic mass is 10.0. The van der Waals surface area contributed by atoms with Gasteiger partial charge in [-0.05, 0) is 216 Å². The van der Waals surface area contributed by atoms with Crippen molar-refractivity contribution in [1.82, 2.24) is 33.7 Å². The van der Waals surface area contributed by atoms with Crippen LogP contribution >= 0.6 is 0 Å². The Bertz CT molecular complexity index is 6860. The predicted molar refractivity (Wildman–Crippen MR) is 497 cm³/mol. The third-order valence-corrected chi connectivity index (χ3v) is 22.8. The Morgan fingerprint density at radius 2 is 0.732 bits per heavy atom. The number of para-hydroxylation sites is 4. The number of benzene rings is 9. The van der Waals surface area contributed by atoms with Crippen molar-refractivity contribution in [2.45, 2.75) is 162 Å². The molecular formula is C102H101F9N8O19. The fourth-order valence-corrected chi connectivity index (χ4v) is 16.5. The van der Waals surface area contributed by atoms with E-state index in [9.17, 15) is 63.8 Å². The van der Waals surface area contributed by atoms with Crippen LogP contribution in [0.2, 0.25) is 0 Å². The third-order valence-electron chi connectivity index (χ3n) is 22.8. The second-order valence-corrected chi connectivity index (χ2v) is 32.5. The maximum atomic E-state index is 13.2. The predicted octanol–water partition coefficient (Wildman–Crippen LogP) is 24.6. The van der Waals surface area contributed by atoms with Gasteiger partial charge in [0, 0.05) is 92.5 Å². The Balaban J connectivity index is 0.000000147.